The molecule has 0 aliphatic rings. The number of rotatable bonds is 6. The van der Waals surface area contributed by atoms with E-state index < -0.39 is 40.1 Å². The van der Waals surface area contributed by atoms with E-state index in [0.717, 1.165) is 40.0 Å². The molecule has 0 spiro atoms. The Balaban J connectivity index is 0.00000380. The van der Waals surface area contributed by atoms with Crippen LogP contribution in [0.2, 0.25) is 0 Å². The number of benzene rings is 3. The Hall–Kier alpha value is -2.99. The van der Waals surface area contributed by atoms with Gasteiger partial charge in [0.1, 0.15) is 11.6 Å². The summed E-state index contributed by atoms with van der Waals surface area (Å²) >= 11 is 0. The number of alkyl halides is 3. The van der Waals surface area contributed by atoms with Gasteiger partial charge in [0.15, 0.2) is 0 Å². The van der Waals surface area contributed by atoms with Crippen molar-refractivity contribution in [1.29, 1.82) is 0 Å². The first-order chi connectivity index (χ1) is 16.9. The Morgan fingerprint density at radius 1 is 1.03 bits per heavy atom. The minimum Gasteiger partial charge on any atom is -0.545 e. The van der Waals surface area contributed by atoms with Crippen molar-refractivity contribution in [2.45, 2.75) is 24.5 Å². The number of carboxylic acids is 1. The molecule has 1 heterocycles. The average Bonchev–Trinajstić information content (AvgIpc) is 2.83. The number of sulfonamides is 1. The van der Waals surface area contributed by atoms with E-state index in [9.17, 15) is 35.9 Å². The molecular weight excluding hydrogens is 523 g/mol. The summed E-state index contributed by atoms with van der Waals surface area (Å²) in [6, 6.07) is 13.4. The van der Waals surface area contributed by atoms with Crippen molar-refractivity contribution < 1.29 is 65.4 Å². The first-order valence-electron chi connectivity index (χ1n) is 10.4. The van der Waals surface area contributed by atoms with Gasteiger partial charge >= 0.3 is 35.7 Å². The number of carbonyl (C=O) groups excluding carboxylic acids is 1. The van der Waals surface area contributed by atoms with Gasteiger partial charge in [0.05, 0.1) is 23.0 Å². The molecule has 0 aliphatic heterocycles. The first kappa shape index (κ1) is 28.6. The third-order valence-corrected chi connectivity index (χ3v) is 7.35. The molecule has 0 aliphatic carbocycles. The van der Waals surface area contributed by atoms with E-state index in [2.05, 4.69) is 4.98 Å². The summed E-state index contributed by atoms with van der Waals surface area (Å²) in [6.07, 6.45) is -3.55. The van der Waals surface area contributed by atoms with Gasteiger partial charge in [-0.2, -0.15) is 13.2 Å². The molecule has 186 valence electrons. The maximum Gasteiger partial charge on any atom is 1.00 e. The number of aromatic nitrogens is 1. The second-order valence-electron chi connectivity index (χ2n) is 7.93. The minimum atomic E-state index is -4.98. The monoisotopic (exact) mass is 540 g/mol. The standard InChI is InChI=1S/C25H18F4N2O4S.Na/c1-15-20-5-3-2-4-18(20)13-30-23(15)31(14-16-6-11-22(26)21(12-16)25(27,28)29)36(34,35)19-9-7-17(8-10-19)24(32)33;/h2-13H,14H2,1H3,(H,32,33);/q;+1/p-1. The van der Waals surface area contributed by atoms with E-state index in [4.69, 9.17) is 0 Å². The molecule has 0 atom stereocenters. The number of fused-ring (bicyclic) bond motifs is 1. The molecule has 1 aromatic heterocycles. The molecule has 3 aromatic carbocycles. The Bertz CT molecular complexity index is 1580. The second kappa shape index (κ2) is 10.8. The van der Waals surface area contributed by atoms with Crippen LogP contribution in [0.15, 0.2) is 77.8 Å². The van der Waals surface area contributed by atoms with Crippen molar-refractivity contribution >= 4 is 32.6 Å². The normalized spacial score (nSPS) is 11.7. The van der Waals surface area contributed by atoms with Crippen LogP contribution in [0.1, 0.15) is 27.0 Å². The van der Waals surface area contributed by atoms with Gasteiger partial charge in [-0.25, -0.2) is 22.1 Å². The summed E-state index contributed by atoms with van der Waals surface area (Å²) in [7, 11) is -4.46. The number of hydrogen-bond acceptors (Lipinski definition) is 5. The molecule has 0 radical (unpaired) electrons. The zero-order valence-corrected chi connectivity index (χ0v) is 22.4. The summed E-state index contributed by atoms with van der Waals surface area (Å²) < 4.78 is 81.9. The number of aromatic carboxylic acids is 1. The molecule has 0 unspecified atom stereocenters. The van der Waals surface area contributed by atoms with Gasteiger partial charge in [0.2, 0.25) is 0 Å². The van der Waals surface area contributed by atoms with Crippen molar-refractivity contribution in [1.82, 2.24) is 4.98 Å². The van der Waals surface area contributed by atoms with E-state index in [-0.39, 0.29) is 51.4 Å². The van der Waals surface area contributed by atoms with Crippen LogP contribution in [0.3, 0.4) is 0 Å². The van der Waals surface area contributed by atoms with Crippen molar-refractivity contribution in [2.24, 2.45) is 0 Å². The molecule has 6 nitrogen and oxygen atoms in total. The number of aryl methyl sites for hydroxylation is 1. The topological polar surface area (TPSA) is 90.4 Å². The molecular formula is C25H17F4N2NaO4S. The molecule has 0 amide bonds. The van der Waals surface area contributed by atoms with E-state index in [1.165, 1.54) is 6.20 Å². The van der Waals surface area contributed by atoms with Gasteiger partial charge in [0.25, 0.3) is 10.0 Å². The third-order valence-electron chi connectivity index (χ3n) is 5.60. The number of nitrogens with zero attached hydrogens (tertiary/aromatic N) is 2. The summed E-state index contributed by atoms with van der Waals surface area (Å²) in [5.74, 6) is -3.04. The first-order valence-corrected chi connectivity index (χ1v) is 11.9. The Morgan fingerprint density at radius 2 is 1.68 bits per heavy atom. The molecule has 37 heavy (non-hydrogen) atoms. The maximum atomic E-state index is 13.8. The van der Waals surface area contributed by atoms with Gasteiger partial charge in [-0.1, -0.05) is 42.5 Å². The van der Waals surface area contributed by atoms with Crippen LogP contribution in [0, 0.1) is 12.7 Å². The quantitative estimate of drug-likeness (QED) is 0.273. The number of halogens is 4. The van der Waals surface area contributed by atoms with Crippen LogP contribution in [0.25, 0.3) is 10.8 Å². The van der Waals surface area contributed by atoms with Crippen molar-refractivity contribution in [3.05, 3.63) is 101 Å². The van der Waals surface area contributed by atoms with Crippen LogP contribution in [0.5, 0.6) is 0 Å². The van der Waals surface area contributed by atoms with Crippen LogP contribution in [-0.4, -0.2) is 19.4 Å². The molecule has 0 saturated carbocycles. The van der Waals surface area contributed by atoms with Crippen molar-refractivity contribution in [3.8, 4) is 0 Å². The molecule has 0 bridgehead atoms. The fourth-order valence-electron chi connectivity index (χ4n) is 3.77. The molecule has 0 N–H and O–H groups in total. The Morgan fingerprint density at radius 3 is 2.30 bits per heavy atom. The van der Waals surface area contributed by atoms with E-state index in [1.54, 1.807) is 31.2 Å². The largest absolute Gasteiger partial charge is 1.00 e. The zero-order valence-electron chi connectivity index (χ0n) is 19.6. The van der Waals surface area contributed by atoms with E-state index in [0.29, 0.717) is 23.1 Å². The summed E-state index contributed by atoms with van der Waals surface area (Å²) in [6.45, 7) is 1.03. The van der Waals surface area contributed by atoms with Gasteiger partial charge < -0.3 is 9.90 Å². The van der Waals surface area contributed by atoms with Gasteiger partial charge in [-0.05, 0) is 47.7 Å². The fourth-order valence-corrected chi connectivity index (χ4v) is 5.23. The van der Waals surface area contributed by atoms with E-state index in [1.807, 2.05) is 0 Å². The van der Waals surface area contributed by atoms with Crippen LogP contribution in [0.4, 0.5) is 23.4 Å². The number of anilines is 1. The molecule has 0 fully saturated rings. The van der Waals surface area contributed by atoms with Crippen LogP contribution < -0.4 is 39.0 Å². The molecule has 0 saturated heterocycles. The molecule has 4 aromatic rings. The predicted octanol–water partition coefficient (Wildman–Crippen LogP) is 1.46. The zero-order chi connectivity index (χ0) is 26.3. The Labute approximate surface area is 231 Å². The van der Waals surface area contributed by atoms with Crippen molar-refractivity contribution in [2.75, 3.05) is 4.31 Å². The summed E-state index contributed by atoms with van der Waals surface area (Å²) in [5, 5.41) is 12.5. The summed E-state index contributed by atoms with van der Waals surface area (Å²) in [4.78, 5) is 15.0. The minimum absolute atomic E-state index is 0. The van der Waals surface area contributed by atoms with Gasteiger partial charge in [-0.15, -0.1) is 0 Å². The fraction of sp³-hybridized carbons (Fsp3) is 0.120. The number of hydrogen-bond donors (Lipinski definition) is 0. The van der Waals surface area contributed by atoms with Crippen molar-refractivity contribution in [3.63, 3.8) is 0 Å². The number of pyridine rings is 1. The van der Waals surface area contributed by atoms with Crippen LogP contribution >= 0.6 is 0 Å². The second-order valence-corrected chi connectivity index (χ2v) is 9.79. The molecule has 12 heteroatoms. The van der Waals surface area contributed by atoms with Crippen LogP contribution in [-0.2, 0) is 22.7 Å². The molecule has 4 rings (SSSR count). The smallest absolute Gasteiger partial charge is 0.545 e. The SMILES string of the molecule is Cc1c(N(Cc2ccc(F)c(C(F)(F)F)c2)S(=O)(=O)c2ccc(C(=O)[O-])cc2)ncc2ccccc12.[Na+]. The number of carbonyl (C=O) groups is 1. The summed E-state index contributed by atoms with van der Waals surface area (Å²) in [5.41, 5.74) is -1.47. The number of carboxylic acid groups (broad SMARTS) is 1. The predicted molar refractivity (Wildman–Crippen MR) is 122 cm³/mol. The van der Waals surface area contributed by atoms with E-state index >= 15 is 0 Å². The Kier molecular flexibility index (Phi) is 8.33. The van der Waals surface area contributed by atoms with Gasteiger partial charge in [0, 0.05) is 17.1 Å². The maximum absolute atomic E-state index is 13.8. The average molecular weight is 540 g/mol. The van der Waals surface area contributed by atoms with Gasteiger partial charge in [-0.3, -0.25) is 0 Å². The third kappa shape index (κ3) is 5.80.